The van der Waals surface area contributed by atoms with Crippen molar-refractivity contribution in [2.45, 2.75) is 30.9 Å². The summed E-state index contributed by atoms with van der Waals surface area (Å²) in [4.78, 5) is 12.6. The Bertz CT molecular complexity index is 1140. The number of alkyl halides is 6. The van der Waals surface area contributed by atoms with E-state index in [1.54, 1.807) is 0 Å². The molecule has 32 heavy (non-hydrogen) atoms. The molecule has 0 aliphatic carbocycles. The highest BCUT2D eigenvalue weighted by Gasteiger charge is 2.47. The molecular weight excluding hydrogens is 466 g/mol. The third kappa shape index (κ3) is 4.27. The number of benzene rings is 1. The van der Waals surface area contributed by atoms with Crippen LogP contribution in [0, 0.1) is 0 Å². The monoisotopic (exact) mass is 478 g/mol. The zero-order chi connectivity index (χ0) is 23.3. The summed E-state index contributed by atoms with van der Waals surface area (Å²) in [6.07, 6.45) is -8.47. The van der Waals surface area contributed by atoms with Crippen LogP contribution in [0.25, 0.3) is 0 Å². The fourth-order valence-corrected chi connectivity index (χ4v) is 3.51. The van der Waals surface area contributed by atoms with Crippen LogP contribution in [0.2, 0.25) is 5.02 Å². The van der Waals surface area contributed by atoms with Gasteiger partial charge in [-0.1, -0.05) is 11.6 Å². The van der Waals surface area contributed by atoms with E-state index in [0.29, 0.717) is 10.7 Å². The molecule has 3 heterocycles. The lowest BCUT2D eigenvalue weighted by molar-refractivity contribution is -0.174. The summed E-state index contributed by atoms with van der Waals surface area (Å²) in [5.41, 5.74) is -1.84. The van der Waals surface area contributed by atoms with Gasteiger partial charge in [-0.25, -0.2) is 4.68 Å². The molecule has 0 saturated carbocycles. The number of aromatic nitrogens is 2. The van der Waals surface area contributed by atoms with Crippen molar-refractivity contribution < 1.29 is 35.6 Å². The van der Waals surface area contributed by atoms with Gasteiger partial charge < -0.3 is 15.1 Å². The molecule has 2 N–H and O–H groups in total. The second-order valence-corrected chi connectivity index (χ2v) is 7.42. The standard InChI is InChI=1S/C19H13ClF6N4O2/c20-10-4-3-9(18(21,22)23)6-11(10)28-17(31)13-8-16-27-12(14-2-1-5-32-14)7-15(19(24,25)26)30(16)29-13/h1-6,8,12,15,27H,7H2,(H,28,31)/t12-,15-/m1/s1. The van der Waals surface area contributed by atoms with Gasteiger partial charge >= 0.3 is 12.4 Å². The van der Waals surface area contributed by atoms with Crippen molar-refractivity contribution in [2.75, 3.05) is 10.6 Å². The Labute approximate surface area is 181 Å². The number of furan rings is 1. The van der Waals surface area contributed by atoms with Crippen LogP contribution in [-0.2, 0) is 6.18 Å². The van der Waals surface area contributed by atoms with Crippen molar-refractivity contribution >= 4 is 29.0 Å². The Morgan fingerprint density at radius 1 is 1.19 bits per heavy atom. The number of hydrogen-bond donors (Lipinski definition) is 2. The van der Waals surface area contributed by atoms with Gasteiger partial charge in [-0.05, 0) is 30.3 Å². The van der Waals surface area contributed by atoms with Crippen LogP contribution in [0.15, 0.2) is 47.1 Å². The maximum atomic E-state index is 13.7. The number of anilines is 2. The molecule has 0 spiro atoms. The minimum Gasteiger partial charge on any atom is -0.467 e. The fraction of sp³-hybridized carbons (Fsp3) is 0.263. The molecular formula is C19H13ClF6N4O2. The molecule has 0 bridgehead atoms. The molecule has 2 atom stereocenters. The summed E-state index contributed by atoms with van der Waals surface area (Å²) in [7, 11) is 0. The van der Waals surface area contributed by atoms with Gasteiger partial charge in [-0.2, -0.15) is 31.4 Å². The summed E-state index contributed by atoms with van der Waals surface area (Å²) < 4.78 is 85.6. The summed E-state index contributed by atoms with van der Waals surface area (Å²) >= 11 is 5.86. The number of nitrogens with one attached hydrogen (secondary N) is 2. The summed E-state index contributed by atoms with van der Waals surface area (Å²) in [5.74, 6) is -0.848. The first kappa shape index (κ1) is 22.1. The molecule has 13 heteroatoms. The van der Waals surface area contributed by atoms with E-state index < -0.39 is 48.0 Å². The summed E-state index contributed by atoms with van der Waals surface area (Å²) in [6, 6.07) is 3.56. The first-order valence-electron chi connectivity index (χ1n) is 9.08. The van der Waals surface area contributed by atoms with Gasteiger partial charge in [-0.3, -0.25) is 4.79 Å². The Balaban J connectivity index is 1.64. The quantitative estimate of drug-likeness (QED) is 0.449. The van der Waals surface area contributed by atoms with Gasteiger partial charge in [0.05, 0.1) is 28.6 Å². The highest BCUT2D eigenvalue weighted by molar-refractivity contribution is 6.33. The van der Waals surface area contributed by atoms with E-state index in [-0.39, 0.29) is 22.3 Å². The van der Waals surface area contributed by atoms with Crippen molar-refractivity contribution in [2.24, 2.45) is 0 Å². The number of halogens is 7. The molecule has 2 aromatic heterocycles. The maximum absolute atomic E-state index is 13.7. The summed E-state index contributed by atoms with van der Waals surface area (Å²) in [6.45, 7) is 0. The number of nitrogens with zero attached hydrogens (tertiary/aromatic N) is 2. The van der Waals surface area contributed by atoms with E-state index in [1.165, 1.54) is 18.4 Å². The minimum absolute atomic E-state index is 0.0970. The Hall–Kier alpha value is -3.15. The Morgan fingerprint density at radius 3 is 2.56 bits per heavy atom. The topological polar surface area (TPSA) is 72.1 Å². The lowest BCUT2D eigenvalue weighted by atomic mass is 10.0. The molecule has 0 radical (unpaired) electrons. The molecule has 6 nitrogen and oxygen atoms in total. The zero-order valence-corrected chi connectivity index (χ0v) is 16.5. The van der Waals surface area contributed by atoms with Gasteiger partial charge in [0.2, 0.25) is 0 Å². The lowest BCUT2D eigenvalue weighted by Crippen LogP contribution is -2.35. The minimum atomic E-state index is -4.68. The van der Waals surface area contributed by atoms with Crippen molar-refractivity contribution in [1.29, 1.82) is 0 Å². The van der Waals surface area contributed by atoms with Gasteiger partial charge in [0.1, 0.15) is 11.6 Å². The lowest BCUT2D eigenvalue weighted by Gasteiger charge is -2.32. The first-order chi connectivity index (χ1) is 14.9. The van der Waals surface area contributed by atoms with Crippen molar-refractivity contribution in [3.05, 3.63) is 64.7 Å². The fourth-order valence-electron chi connectivity index (χ4n) is 3.34. The molecule has 0 unspecified atom stereocenters. The van der Waals surface area contributed by atoms with E-state index in [4.69, 9.17) is 16.0 Å². The van der Waals surface area contributed by atoms with Gasteiger partial charge in [0, 0.05) is 12.5 Å². The first-order valence-corrected chi connectivity index (χ1v) is 9.45. The normalized spacial score (nSPS) is 18.7. The average molecular weight is 479 g/mol. The Kier molecular flexibility index (Phi) is 5.35. The number of carbonyl (C=O) groups is 1. The Morgan fingerprint density at radius 2 is 1.94 bits per heavy atom. The van der Waals surface area contributed by atoms with Crippen molar-refractivity contribution in [3.8, 4) is 0 Å². The third-order valence-corrected chi connectivity index (χ3v) is 5.18. The second kappa shape index (κ2) is 7.76. The van der Waals surface area contributed by atoms with Crippen LogP contribution in [0.3, 0.4) is 0 Å². The largest absolute Gasteiger partial charge is 0.467 e. The second-order valence-electron chi connectivity index (χ2n) is 7.01. The van der Waals surface area contributed by atoms with Gasteiger partial charge in [0.25, 0.3) is 5.91 Å². The van der Waals surface area contributed by atoms with Crippen molar-refractivity contribution in [1.82, 2.24) is 9.78 Å². The number of fused-ring (bicyclic) bond motifs is 1. The molecule has 1 amide bonds. The summed E-state index contributed by atoms with van der Waals surface area (Å²) in [5, 5.41) is 8.56. The van der Waals surface area contributed by atoms with Crippen LogP contribution < -0.4 is 10.6 Å². The third-order valence-electron chi connectivity index (χ3n) is 4.85. The molecule has 170 valence electrons. The van der Waals surface area contributed by atoms with Crippen LogP contribution in [0.4, 0.5) is 37.8 Å². The zero-order valence-electron chi connectivity index (χ0n) is 15.8. The van der Waals surface area contributed by atoms with Gasteiger partial charge in [0.15, 0.2) is 11.7 Å². The molecule has 0 fully saturated rings. The van der Waals surface area contributed by atoms with E-state index >= 15 is 0 Å². The number of rotatable bonds is 3. The predicted octanol–water partition coefficient (Wildman–Crippen LogP) is 6.06. The average Bonchev–Trinajstić information content (AvgIpc) is 3.36. The number of hydrogen-bond acceptors (Lipinski definition) is 4. The van der Waals surface area contributed by atoms with Crippen LogP contribution >= 0.6 is 11.6 Å². The predicted molar refractivity (Wildman–Crippen MR) is 101 cm³/mol. The van der Waals surface area contributed by atoms with Gasteiger partial charge in [-0.15, -0.1) is 0 Å². The highest BCUT2D eigenvalue weighted by atomic mass is 35.5. The molecule has 1 aliphatic rings. The highest BCUT2D eigenvalue weighted by Crippen LogP contribution is 2.43. The van der Waals surface area contributed by atoms with Crippen molar-refractivity contribution in [3.63, 3.8) is 0 Å². The molecule has 0 saturated heterocycles. The number of amides is 1. The van der Waals surface area contributed by atoms with E-state index in [9.17, 15) is 31.1 Å². The van der Waals surface area contributed by atoms with Crippen LogP contribution in [0.5, 0.6) is 0 Å². The van der Waals surface area contributed by atoms with E-state index in [1.807, 2.05) is 0 Å². The van der Waals surface area contributed by atoms with Crippen LogP contribution in [0.1, 0.15) is 40.3 Å². The smallest absolute Gasteiger partial charge is 0.416 e. The maximum Gasteiger partial charge on any atom is 0.416 e. The molecule has 1 aliphatic heterocycles. The SMILES string of the molecule is O=C(Nc1cc(C(F)(F)F)ccc1Cl)c1cc2n(n1)[C@@H](C(F)(F)F)C[C@H](c1ccco1)N2. The van der Waals surface area contributed by atoms with E-state index in [0.717, 1.165) is 18.2 Å². The molecule has 3 aromatic rings. The number of carbonyl (C=O) groups excluding carboxylic acids is 1. The molecule has 1 aromatic carbocycles. The van der Waals surface area contributed by atoms with Crippen LogP contribution in [-0.4, -0.2) is 21.9 Å². The molecule has 4 rings (SSSR count). The van der Waals surface area contributed by atoms with E-state index in [2.05, 4.69) is 15.7 Å².